The zero-order chi connectivity index (χ0) is 15.8. The first-order valence-corrected chi connectivity index (χ1v) is 7.87. The highest BCUT2D eigenvalue weighted by molar-refractivity contribution is 5.91. The Morgan fingerprint density at radius 2 is 2.09 bits per heavy atom. The quantitative estimate of drug-likeness (QED) is 0.719. The monoisotopic (exact) mass is 299 g/mol. The molecule has 0 aliphatic carbocycles. The molecule has 0 unspecified atom stereocenters. The van der Waals surface area contributed by atoms with E-state index >= 15 is 0 Å². The fourth-order valence-corrected chi connectivity index (χ4v) is 2.42. The first kappa shape index (κ1) is 16.3. The lowest BCUT2D eigenvalue weighted by molar-refractivity contribution is 0.316. The summed E-state index contributed by atoms with van der Waals surface area (Å²) in [5.74, 6) is 0.820. The Hall–Kier alpha value is -2.07. The van der Waals surface area contributed by atoms with E-state index in [1.54, 1.807) is 6.08 Å². The molecule has 0 fully saturated rings. The van der Waals surface area contributed by atoms with Crippen LogP contribution in [0.3, 0.4) is 0 Å². The SMILES string of the molecule is C=CCOc1ccc2c(NCCN(CC)CC)ccnc2c1. The first-order valence-electron chi connectivity index (χ1n) is 7.87. The standard InChI is InChI=1S/C18H25N3O/c1-4-13-22-15-7-8-16-17(9-10-19-18(16)14-15)20-11-12-21(5-2)6-3/h4,7-10,14H,1,5-6,11-13H2,2-3H3,(H,19,20). The molecule has 0 radical (unpaired) electrons. The maximum absolute atomic E-state index is 5.56. The van der Waals surface area contributed by atoms with Gasteiger partial charge in [-0.3, -0.25) is 4.98 Å². The zero-order valence-electron chi connectivity index (χ0n) is 13.5. The minimum Gasteiger partial charge on any atom is -0.489 e. The second kappa shape index (κ2) is 8.39. The zero-order valence-corrected chi connectivity index (χ0v) is 13.5. The van der Waals surface area contributed by atoms with Crippen molar-refractivity contribution in [2.24, 2.45) is 0 Å². The van der Waals surface area contributed by atoms with E-state index in [9.17, 15) is 0 Å². The van der Waals surface area contributed by atoms with Crippen LogP contribution in [0.1, 0.15) is 13.8 Å². The Balaban J connectivity index is 2.08. The normalized spacial score (nSPS) is 10.9. The molecule has 1 aromatic carbocycles. The molecule has 0 aliphatic heterocycles. The van der Waals surface area contributed by atoms with Crippen LogP contribution in [0.4, 0.5) is 5.69 Å². The highest BCUT2D eigenvalue weighted by Gasteiger charge is 2.04. The molecular weight excluding hydrogens is 274 g/mol. The minimum atomic E-state index is 0.507. The molecule has 118 valence electrons. The van der Waals surface area contributed by atoms with Crippen molar-refractivity contribution in [1.29, 1.82) is 0 Å². The minimum absolute atomic E-state index is 0.507. The number of hydrogen-bond donors (Lipinski definition) is 1. The second-order valence-electron chi connectivity index (χ2n) is 5.09. The van der Waals surface area contributed by atoms with E-state index in [1.807, 2.05) is 24.4 Å². The van der Waals surface area contributed by atoms with Gasteiger partial charge < -0.3 is 15.0 Å². The third-order valence-electron chi connectivity index (χ3n) is 3.72. The van der Waals surface area contributed by atoms with Crippen LogP contribution in [0.5, 0.6) is 5.75 Å². The molecule has 0 saturated carbocycles. The Morgan fingerprint density at radius 1 is 1.27 bits per heavy atom. The third kappa shape index (κ3) is 4.21. The van der Waals surface area contributed by atoms with Crippen molar-refractivity contribution in [2.45, 2.75) is 13.8 Å². The highest BCUT2D eigenvalue weighted by atomic mass is 16.5. The van der Waals surface area contributed by atoms with Gasteiger partial charge in [0.1, 0.15) is 12.4 Å². The molecule has 0 amide bonds. The average molecular weight is 299 g/mol. The summed E-state index contributed by atoms with van der Waals surface area (Å²) in [5, 5.41) is 4.63. The van der Waals surface area contributed by atoms with Crippen molar-refractivity contribution < 1.29 is 4.74 Å². The van der Waals surface area contributed by atoms with Gasteiger partial charge in [-0.25, -0.2) is 0 Å². The number of nitrogens with one attached hydrogen (secondary N) is 1. The highest BCUT2D eigenvalue weighted by Crippen LogP contribution is 2.25. The second-order valence-corrected chi connectivity index (χ2v) is 5.09. The summed E-state index contributed by atoms with van der Waals surface area (Å²) in [7, 11) is 0. The van der Waals surface area contributed by atoms with Gasteiger partial charge in [-0.15, -0.1) is 0 Å². The summed E-state index contributed by atoms with van der Waals surface area (Å²) in [5.41, 5.74) is 2.06. The number of aromatic nitrogens is 1. The van der Waals surface area contributed by atoms with Gasteiger partial charge in [0.05, 0.1) is 5.52 Å². The van der Waals surface area contributed by atoms with E-state index in [2.05, 4.69) is 41.7 Å². The molecule has 1 aromatic heterocycles. The smallest absolute Gasteiger partial charge is 0.121 e. The Bertz CT molecular complexity index is 608. The Labute approximate surface area is 132 Å². The van der Waals surface area contributed by atoms with Gasteiger partial charge in [-0.2, -0.15) is 0 Å². The predicted molar refractivity (Wildman–Crippen MR) is 93.7 cm³/mol. The number of fused-ring (bicyclic) bond motifs is 1. The molecule has 0 saturated heterocycles. The topological polar surface area (TPSA) is 37.4 Å². The van der Waals surface area contributed by atoms with E-state index in [-0.39, 0.29) is 0 Å². The van der Waals surface area contributed by atoms with Crippen LogP contribution < -0.4 is 10.1 Å². The van der Waals surface area contributed by atoms with Gasteiger partial charge in [-0.05, 0) is 31.3 Å². The van der Waals surface area contributed by atoms with Crippen LogP contribution in [0, 0.1) is 0 Å². The Morgan fingerprint density at radius 3 is 2.82 bits per heavy atom. The number of hydrogen-bond acceptors (Lipinski definition) is 4. The van der Waals surface area contributed by atoms with Crippen LogP contribution in [-0.4, -0.2) is 42.7 Å². The van der Waals surface area contributed by atoms with Crippen molar-refractivity contribution in [3.8, 4) is 5.75 Å². The lowest BCUT2D eigenvalue weighted by Gasteiger charge is -2.19. The molecule has 0 aliphatic rings. The van der Waals surface area contributed by atoms with Gasteiger partial charge in [0.15, 0.2) is 0 Å². The van der Waals surface area contributed by atoms with Crippen LogP contribution in [0.2, 0.25) is 0 Å². The van der Waals surface area contributed by atoms with Gasteiger partial charge in [0, 0.05) is 36.4 Å². The molecule has 4 nitrogen and oxygen atoms in total. The van der Waals surface area contributed by atoms with Crippen LogP contribution in [0.25, 0.3) is 10.9 Å². The van der Waals surface area contributed by atoms with Gasteiger partial charge in [-0.1, -0.05) is 26.5 Å². The van der Waals surface area contributed by atoms with Gasteiger partial charge >= 0.3 is 0 Å². The molecule has 1 N–H and O–H groups in total. The summed E-state index contributed by atoms with van der Waals surface area (Å²) in [6.45, 7) is 12.7. The number of anilines is 1. The molecule has 1 heterocycles. The molecule has 0 atom stereocenters. The van der Waals surface area contributed by atoms with E-state index in [1.165, 1.54) is 0 Å². The number of pyridine rings is 1. The maximum atomic E-state index is 5.56. The van der Waals surface area contributed by atoms with Gasteiger partial charge in [0.2, 0.25) is 0 Å². The van der Waals surface area contributed by atoms with Crippen molar-refractivity contribution in [1.82, 2.24) is 9.88 Å². The van der Waals surface area contributed by atoms with E-state index in [0.717, 1.165) is 48.5 Å². The summed E-state index contributed by atoms with van der Waals surface area (Å²) in [6.07, 6.45) is 3.57. The van der Waals surface area contributed by atoms with E-state index in [4.69, 9.17) is 4.74 Å². The largest absolute Gasteiger partial charge is 0.489 e. The average Bonchev–Trinajstić information content (AvgIpc) is 2.56. The fraction of sp³-hybridized carbons (Fsp3) is 0.389. The summed E-state index contributed by atoms with van der Waals surface area (Å²) in [4.78, 5) is 6.83. The summed E-state index contributed by atoms with van der Waals surface area (Å²) < 4.78 is 5.56. The number of nitrogens with zero attached hydrogens (tertiary/aromatic N) is 2. The molecule has 2 rings (SSSR count). The van der Waals surface area contributed by atoms with Crippen LogP contribution in [0.15, 0.2) is 43.1 Å². The molecule has 22 heavy (non-hydrogen) atoms. The van der Waals surface area contributed by atoms with Crippen LogP contribution >= 0.6 is 0 Å². The third-order valence-corrected chi connectivity index (χ3v) is 3.72. The molecule has 2 aromatic rings. The number of likely N-dealkylation sites (N-methyl/N-ethyl adjacent to an activating group) is 1. The molecule has 0 spiro atoms. The lowest BCUT2D eigenvalue weighted by atomic mass is 10.2. The predicted octanol–water partition coefficient (Wildman–Crippen LogP) is 3.55. The first-order chi connectivity index (χ1) is 10.8. The van der Waals surface area contributed by atoms with Crippen molar-refractivity contribution in [2.75, 3.05) is 38.1 Å². The molecule has 0 bridgehead atoms. The van der Waals surface area contributed by atoms with E-state index < -0.39 is 0 Å². The number of benzene rings is 1. The fourth-order valence-electron chi connectivity index (χ4n) is 2.42. The Kier molecular flexibility index (Phi) is 6.22. The number of ether oxygens (including phenoxy) is 1. The number of rotatable bonds is 9. The van der Waals surface area contributed by atoms with E-state index in [0.29, 0.717) is 6.61 Å². The maximum Gasteiger partial charge on any atom is 0.121 e. The van der Waals surface area contributed by atoms with Gasteiger partial charge in [0.25, 0.3) is 0 Å². The molecular formula is C18H25N3O. The van der Waals surface area contributed by atoms with Crippen molar-refractivity contribution >= 4 is 16.6 Å². The molecule has 4 heteroatoms. The van der Waals surface area contributed by atoms with Crippen molar-refractivity contribution in [3.63, 3.8) is 0 Å². The van der Waals surface area contributed by atoms with Crippen molar-refractivity contribution in [3.05, 3.63) is 43.1 Å². The lowest BCUT2D eigenvalue weighted by Crippen LogP contribution is -2.28. The van der Waals surface area contributed by atoms with Crippen LogP contribution in [-0.2, 0) is 0 Å². The summed E-state index contributed by atoms with van der Waals surface area (Å²) in [6, 6.07) is 8.02. The summed E-state index contributed by atoms with van der Waals surface area (Å²) >= 11 is 0.